The van der Waals surface area contributed by atoms with Gasteiger partial charge >= 0.3 is 0 Å². The van der Waals surface area contributed by atoms with Crippen LogP contribution in [0.25, 0.3) is 0 Å². The molecule has 0 fully saturated rings. The molecule has 0 bridgehead atoms. The van der Waals surface area contributed by atoms with Crippen molar-refractivity contribution >= 4 is 11.6 Å². The van der Waals surface area contributed by atoms with Crippen molar-refractivity contribution in [1.29, 1.82) is 0 Å². The maximum Gasteiger partial charge on any atom is 0.157 e. The number of hydrogen-bond acceptors (Lipinski definition) is 2. The van der Waals surface area contributed by atoms with Crippen molar-refractivity contribution in [3.8, 4) is 5.75 Å². The molecule has 1 aromatic carbocycles. The van der Waals surface area contributed by atoms with E-state index in [0.717, 1.165) is 0 Å². The number of aromatic nitrogens is 2. The first-order chi connectivity index (χ1) is 7.65. The van der Waals surface area contributed by atoms with Gasteiger partial charge in [-0.3, -0.25) is 4.68 Å². The third-order valence-corrected chi connectivity index (χ3v) is 2.33. The summed E-state index contributed by atoms with van der Waals surface area (Å²) < 4.78 is 20.4. The zero-order chi connectivity index (χ0) is 11.5. The molecule has 16 heavy (non-hydrogen) atoms. The lowest BCUT2D eigenvalue weighted by Gasteiger charge is -2.04. The minimum absolute atomic E-state index is 0.161. The Kier molecular flexibility index (Phi) is 3.10. The molecule has 3 nitrogen and oxygen atoms in total. The van der Waals surface area contributed by atoms with Gasteiger partial charge in [0, 0.05) is 17.6 Å². The summed E-state index contributed by atoms with van der Waals surface area (Å²) >= 11 is 5.64. The van der Waals surface area contributed by atoms with Crippen molar-refractivity contribution in [1.82, 2.24) is 9.78 Å². The Morgan fingerprint density at radius 2 is 2.31 bits per heavy atom. The fourth-order valence-corrected chi connectivity index (χ4v) is 1.43. The molecule has 0 spiro atoms. The van der Waals surface area contributed by atoms with E-state index in [9.17, 15) is 4.39 Å². The van der Waals surface area contributed by atoms with E-state index in [-0.39, 0.29) is 12.4 Å². The second-order valence-electron chi connectivity index (χ2n) is 3.37. The maximum atomic E-state index is 13.4. The van der Waals surface area contributed by atoms with E-state index in [1.54, 1.807) is 36.3 Å². The summed E-state index contributed by atoms with van der Waals surface area (Å²) in [5.74, 6) is 0.244. The van der Waals surface area contributed by atoms with Crippen LogP contribution in [0.4, 0.5) is 4.39 Å². The van der Waals surface area contributed by atoms with E-state index in [4.69, 9.17) is 16.3 Å². The van der Waals surface area contributed by atoms with Crippen LogP contribution in [-0.2, 0) is 13.7 Å². The number of hydrogen-bond donors (Lipinski definition) is 0. The molecule has 0 aliphatic heterocycles. The standard InChI is InChI=1S/C11H10ClFN2O/c1-15-6-10(5-14-15)16-7-8-2-3-9(12)4-11(8)13/h2-6H,7H2,1H3. The van der Waals surface area contributed by atoms with Gasteiger partial charge in [-0.15, -0.1) is 0 Å². The van der Waals surface area contributed by atoms with Crippen molar-refractivity contribution in [3.05, 3.63) is 47.0 Å². The van der Waals surface area contributed by atoms with Gasteiger partial charge in [-0.2, -0.15) is 5.10 Å². The Morgan fingerprint density at radius 3 is 2.94 bits per heavy atom. The largest absolute Gasteiger partial charge is 0.486 e. The fourth-order valence-electron chi connectivity index (χ4n) is 1.27. The number of nitrogens with zero attached hydrogens (tertiary/aromatic N) is 2. The van der Waals surface area contributed by atoms with Gasteiger partial charge in [0.05, 0.1) is 12.4 Å². The first kappa shape index (κ1) is 11.0. The molecule has 1 heterocycles. The third kappa shape index (κ3) is 2.52. The van der Waals surface area contributed by atoms with Crippen LogP contribution in [0.2, 0.25) is 5.02 Å². The van der Waals surface area contributed by atoms with Crippen LogP contribution in [0.3, 0.4) is 0 Å². The number of rotatable bonds is 3. The van der Waals surface area contributed by atoms with Crippen molar-refractivity contribution < 1.29 is 9.13 Å². The van der Waals surface area contributed by atoms with E-state index in [0.29, 0.717) is 16.3 Å². The average molecular weight is 241 g/mol. The highest BCUT2D eigenvalue weighted by molar-refractivity contribution is 6.30. The molecule has 2 aromatic rings. The second-order valence-corrected chi connectivity index (χ2v) is 3.81. The van der Waals surface area contributed by atoms with Gasteiger partial charge in [-0.1, -0.05) is 17.7 Å². The Hall–Kier alpha value is -1.55. The normalized spacial score (nSPS) is 10.4. The molecule has 2 rings (SSSR count). The first-order valence-corrected chi connectivity index (χ1v) is 5.08. The van der Waals surface area contributed by atoms with Gasteiger partial charge in [0.2, 0.25) is 0 Å². The van der Waals surface area contributed by atoms with Crippen LogP contribution in [0.1, 0.15) is 5.56 Å². The Balaban J connectivity index is 2.04. The van der Waals surface area contributed by atoms with Crippen LogP contribution in [-0.4, -0.2) is 9.78 Å². The Morgan fingerprint density at radius 1 is 1.50 bits per heavy atom. The highest BCUT2D eigenvalue weighted by Gasteiger charge is 2.04. The minimum Gasteiger partial charge on any atom is -0.486 e. The number of aryl methyl sites for hydroxylation is 1. The highest BCUT2D eigenvalue weighted by Crippen LogP contribution is 2.17. The lowest BCUT2D eigenvalue weighted by Crippen LogP contribution is -1.97. The summed E-state index contributed by atoms with van der Waals surface area (Å²) in [6.07, 6.45) is 3.29. The summed E-state index contributed by atoms with van der Waals surface area (Å²) in [6, 6.07) is 4.50. The number of benzene rings is 1. The summed E-state index contributed by atoms with van der Waals surface area (Å²) in [6.45, 7) is 0.161. The molecule has 0 amide bonds. The lowest BCUT2D eigenvalue weighted by molar-refractivity contribution is 0.299. The molecular formula is C11H10ClFN2O. The molecule has 0 unspecified atom stereocenters. The topological polar surface area (TPSA) is 27.1 Å². The molecule has 84 valence electrons. The molecule has 5 heteroatoms. The van der Waals surface area contributed by atoms with Gasteiger partial charge in [-0.05, 0) is 12.1 Å². The lowest BCUT2D eigenvalue weighted by atomic mass is 10.2. The molecule has 0 saturated carbocycles. The molecule has 0 radical (unpaired) electrons. The fraction of sp³-hybridized carbons (Fsp3) is 0.182. The summed E-state index contributed by atoms with van der Waals surface area (Å²) in [4.78, 5) is 0. The van der Waals surface area contributed by atoms with E-state index < -0.39 is 0 Å². The second kappa shape index (κ2) is 4.53. The zero-order valence-electron chi connectivity index (χ0n) is 8.65. The molecular weight excluding hydrogens is 231 g/mol. The number of halogens is 2. The van der Waals surface area contributed by atoms with Crippen molar-refractivity contribution in [2.24, 2.45) is 7.05 Å². The van der Waals surface area contributed by atoms with Gasteiger partial charge < -0.3 is 4.74 Å². The van der Waals surface area contributed by atoms with Crippen LogP contribution >= 0.6 is 11.6 Å². The average Bonchev–Trinajstić information content (AvgIpc) is 2.63. The molecule has 0 aliphatic rings. The molecule has 1 aromatic heterocycles. The molecule has 0 N–H and O–H groups in total. The van der Waals surface area contributed by atoms with Crippen LogP contribution in [0.15, 0.2) is 30.6 Å². The summed E-state index contributed by atoms with van der Waals surface area (Å²) in [7, 11) is 1.79. The SMILES string of the molecule is Cn1cc(OCc2ccc(Cl)cc2F)cn1. The molecule has 0 aliphatic carbocycles. The van der Waals surface area contributed by atoms with Crippen LogP contribution in [0, 0.1) is 5.82 Å². The van der Waals surface area contributed by atoms with E-state index in [1.165, 1.54) is 6.07 Å². The minimum atomic E-state index is -0.364. The monoisotopic (exact) mass is 240 g/mol. The molecule has 0 saturated heterocycles. The van der Waals surface area contributed by atoms with E-state index >= 15 is 0 Å². The maximum absolute atomic E-state index is 13.4. The predicted molar refractivity (Wildman–Crippen MR) is 59.0 cm³/mol. The van der Waals surface area contributed by atoms with Crippen molar-refractivity contribution in [3.63, 3.8) is 0 Å². The van der Waals surface area contributed by atoms with Crippen molar-refractivity contribution in [2.45, 2.75) is 6.61 Å². The Labute approximate surface area is 97.4 Å². The van der Waals surface area contributed by atoms with Crippen LogP contribution < -0.4 is 4.74 Å². The summed E-state index contributed by atoms with van der Waals surface area (Å²) in [5.41, 5.74) is 0.466. The van der Waals surface area contributed by atoms with Gasteiger partial charge in [0.15, 0.2) is 5.75 Å². The smallest absolute Gasteiger partial charge is 0.157 e. The first-order valence-electron chi connectivity index (χ1n) is 4.70. The van der Waals surface area contributed by atoms with Gasteiger partial charge in [-0.25, -0.2) is 4.39 Å². The van der Waals surface area contributed by atoms with E-state index in [2.05, 4.69) is 5.10 Å². The van der Waals surface area contributed by atoms with E-state index in [1.807, 2.05) is 0 Å². The van der Waals surface area contributed by atoms with Gasteiger partial charge in [0.25, 0.3) is 0 Å². The quantitative estimate of drug-likeness (QED) is 0.825. The highest BCUT2D eigenvalue weighted by atomic mass is 35.5. The zero-order valence-corrected chi connectivity index (χ0v) is 9.41. The number of ether oxygens (including phenoxy) is 1. The van der Waals surface area contributed by atoms with Crippen LogP contribution in [0.5, 0.6) is 5.75 Å². The Bertz CT molecular complexity index is 498. The molecule has 0 atom stereocenters. The van der Waals surface area contributed by atoms with Gasteiger partial charge in [0.1, 0.15) is 12.4 Å². The summed E-state index contributed by atoms with van der Waals surface area (Å²) in [5, 5.41) is 4.32. The predicted octanol–water partition coefficient (Wildman–Crippen LogP) is 2.79. The van der Waals surface area contributed by atoms with Crippen molar-refractivity contribution in [2.75, 3.05) is 0 Å². The third-order valence-electron chi connectivity index (χ3n) is 2.09.